The van der Waals surface area contributed by atoms with Crippen molar-refractivity contribution >= 4 is 33.6 Å². The van der Waals surface area contributed by atoms with Crippen molar-refractivity contribution in [1.82, 2.24) is 4.90 Å². The van der Waals surface area contributed by atoms with E-state index in [1.807, 2.05) is 61.8 Å². The quantitative estimate of drug-likeness (QED) is 0.561. The average molecular weight is 441 g/mol. The Hall–Kier alpha value is -2.66. The summed E-state index contributed by atoms with van der Waals surface area (Å²) in [5, 5.41) is 0. The molecule has 0 saturated carbocycles. The third-order valence-electron chi connectivity index (χ3n) is 4.42. The molecule has 30 heavy (non-hydrogen) atoms. The number of benzene rings is 1. The predicted molar refractivity (Wildman–Crippen MR) is 120 cm³/mol. The molecule has 1 aliphatic rings. The van der Waals surface area contributed by atoms with Crippen LogP contribution in [0.15, 0.2) is 34.3 Å². The number of hydrogen-bond donors (Lipinski definition) is 3. The SMILES string of the molecule is CCN(CC)C(=O)Cc1ccc(N2C(N)=NC(N)=NC2(C)C)cc1.CCS(=O)(=O)O. The third kappa shape index (κ3) is 7.30. The fraction of sp³-hybridized carbons (Fsp3) is 0.526. The van der Waals surface area contributed by atoms with Crippen LogP contribution in [0.1, 0.15) is 40.2 Å². The zero-order valence-corrected chi connectivity index (χ0v) is 19.0. The third-order valence-corrected chi connectivity index (χ3v) is 5.15. The average Bonchev–Trinajstić information content (AvgIpc) is 2.62. The van der Waals surface area contributed by atoms with E-state index in [0.29, 0.717) is 12.4 Å². The molecule has 0 atom stereocenters. The first-order valence-electron chi connectivity index (χ1n) is 9.66. The molecule has 0 unspecified atom stereocenters. The van der Waals surface area contributed by atoms with Crippen LogP contribution < -0.4 is 16.4 Å². The van der Waals surface area contributed by atoms with Crippen LogP contribution in [-0.2, 0) is 21.3 Å². The van der Waals surface area contributed by atoms with Gasteiger partial charge in [-0.2, -0.15) is 13.4 Å². The van der Waals surface area contributed by atoms with Gasteiger partial charge in [-0.15, -0.1) is 0 Å². The molecule has 1 amide bonds. The van der Waals surface area contributed by atoms with Gasteiger partial charge in [-0.3, -0.25) is 14.2 Å². The summed E-state index contributed by atoms with van der Waals surface area (Å²) in [5.41, 5.74) is 12.9. The number of aliphatic imine (C=N–C) groups is 2. The largest absolute Gasteiger partial charge is 0.369 e. The zero-order valence-electron chi connectivity index (χ0n) is 18.2. The Labute approximate surface area is 178 Å². The van der Waals surface area contributed by atoms with Gasteiger partial charge in [0.2, 0.25) is 17.8 Å². The molecule has 0 bridgehead atoms. The molecule has 0 aromatic heterocycles. The zero-order chi connectivity index (χ0) is 23.1. The lowest BCUT2D eigenvalue weighted by Crippen LogP contribution is -2.54. The van der Waals surface area contributed by atoms with E-state index in [1.54, 1.807) is 0 Å². The summed E-state index contributed by atoms with van der Waals surface area (Å²) >= 11 is 0. The van der Waals surface area contributed by atoms with Crippen molar-refractivity contribution in [2.75, 3.05) is 23.7 Å². The smallest absolute Gasteiger partial charge is 0.264 e. The predicted octanol–water partition coefficient (Wildman–Crippen LogP) is 1.18. The van der Waals surface area contributed by atoms with Crippen molar-refractivity contribution in [2.45, 2.75) is 46.7 Å². The number of anilines is 1. The van der Waals surface area contributed by atoms with E-state index in [1.165, 1.54) is 6.92 Å². The van der Waals surface area contributed by atoms with Crippen molar-refractivity contribution in [2.24, 2.45) is 21.5 Å². The molecule has 1 aromatic rings. The molecule has 0 saturated heterocycles. The number of nitrogens with two attached hydrogens (primary N) is 2. The molecule has 10 nitrogen and oxygen atoms in total. The van der Waals surface area contributed by atoms with Gasteiger partial charge in [0.25, 0.3) is 10.1 Å². The van der Waals surface area contributed by atoms with Gasteiger partial charge in [0.1, 0.15) is 5.66 Å². The van der Waals surface area contributed by atoms with Gasteiger partial charge in [-0.1, -0.05) is 12.1 Å². The second-order valence-corrected chi connectivity index (χ2v) is 8.79. The Morgan fingerprint density at radius 3 is 2.03 bits per heavy atom. The van der Waals surface area contributed by atoms with E-state index in [9.17, 15) is 13.2 Å². The van der Waals surface area contributed by atoms with Crippen molar-refractivity contribution in [3.63, 3.8) is 0 Å². The maximum atomic E-state index is 12.2. The van der Waals surface area contributed by atoms with E-state index in [-0.39, 0.29) is 17.6 Å². The maximum absolute atomic E-state index is 12.2. The number of rotatable bonds is 6. The van der Waals surface area contributed by atoms with Crippen LogP contribution in [0.3, 0.4) is 0 Å². The van der Waals surface area contributed by atoms with Crippen LogP contribution in [0, 0.1) is 0 Å². The lowest BCUT2D eigenvalue weighted by molar-refractivity contribution is -0.130. The number of nitrogens with zero attached hydrogens (tertiary/aromatic N) is 4. The lowest BCUT2D eigenvalue weighted by atomic mass is 10.1. The molecule has 11 heteroatoms. The molecule has 0 radical (unpaired) electrons. The van der Waals surface area contributed by atoms with E-state index in [2.05, 4.69) is 9.98 Å². The highest BCUT2D eigenvalue weighted by atomic mass is 32.2. The first-order chi connectivity index (χ1) is 13.8. The fourth-order valence-electron chi connectivity index (χ4n) is 2.88. The first-order valence-corrected chi connectivity index (χ1v) is 11.3. The Balaban J connectivity index is 0.000000656. The van der Waals surface area contributed by atoms with Gasteiger partial charge in [-0.25, -0.2) is 4.99 Å². The minimum Gasteiger partial charge on any atom is -0.369 e. The van der Waals surface area contributed by atoms with Crippen LogP contribution in [-0.4, -0.2) is 60.2 Å². The monoisotopic (exact) mass is 440 g/mol. The molecule has 1 heterocycles. The van der Waals surface area contributed by atoms with E-state index >= 15 is 0 Å². The summed E-state index contributed by atoms with van der Waals surface area (Å²) in [6.07, 6.45) is 0.389. The maximum Gasteiger partial charge on any atom is 0.264 e. The Morgan fingerprint density at radius 1 is 1.13 bits per heavy atom. The summed E-state index contributed by atoms with van der Waals surface area (Å²) in [5.74, 6) is 0.409. The van der Waals surface area contributed by atoms with Crippen LogP contribution in [0.5, 0.6) is 0 Å². The normalized spacial score (nSPS) is 15.5. The second-order valence-electron chi connectivity index (χ2n) is 7.05. The van der Waals surface area contributed by atoms with Crippen LogP contribution in [0.4, 0.5) is 5.69 Å². The topological polar surface area (TPSA) is 155 Å². The van der Waals surface area contributed by atoms with Crippen LogP contribution >= 0.6 is 0 Å². The summed E-state index contributed by atoms with van der Waals surface area (Å²) in [4.78, 5) is 24.2. The molecule has 168 valence electrons. The van der Waals surface area contributed by atoms with E-state index < -0.39 is 15.8 Å². The Bertz CT molecular complexity index is 890. The second kappa shape index (κ2) is 10.4. The number of guanidine groups is 2. The van der Waals surface area contributed by atoms with Crippen LogP contribution in [0.25, 0.3) is 0 Å². The van der Waals surface area contributed by atoms with Gasteiger partial charge in [0, 0.05) is 18.8 Å². The van der Waals surface area contributed by atoms with Gasteiger partial charge in [0.15, 0.2) is 0 Å². The van der Waals surface area contributed by atoms with E-state index in [0.717, 1.165) is 24.3 Å². The highest BCUT2D eigenvalue weighted by molar-refractivity contribution is 7.85. The fourth-order valence-corrected chi connectivity index (χ4v) is 2.88. The standard InChI is InChI=1S/C17H26N6O.C2H6O3S/c1-5-22(6-2)14(24)11-12-7-9-13(10-8-12)23-16(19)20-15(18)21-17(23,3)4;1-2-6(3,4)5/h7-10H,5-6,11H2,1-4H3,(H4,18,19,20,21);2H2,1H3,(H,3,4,5). The van der Waals surface area contributed by atoms with Gasteiger partial charge in [0.05, 0.1) is 12.2 Å². The van der Waals surface area contributed by atoms with Crippen molar-refractivity contribution < 1.29 is 17.8 Å². The molecule has 1 aliphatic heterocycles. The molecular formula is C19H32N6O4S. The summed E-state index contributed by atoms with van der Waals surface area (Å²) in [7, 11) is -3.66. The Kier molecular flexibility index (Phi) is 8.79. The number of likely N-dealkylation sites (N-methyl/N-ethyl adjacent to an activating group) is 1. The van der Waals surface area contributed by atoms with Crippen molar-refractivity contribution in [3.05, 3.63) is 29.8 Å². The highest BCUT2D eigenvalue weighted by Gasteiger charge is 2.32. The minimum absolute atomic E-state index is 0.129. The van der Waals surface area contributed by atoms with Gasteiger partial charge >= 0.3 is 0 Å². The number of amides is 1. The summed E-state index contributed by atoms with van der Waals surface area (Å²) in [6, 6.07) is 7.71. The molecule has 2 rings (SSSR count). The molecule has 0 aliphatic carbocycles. The van der Waals surface area contributed by atoms with Crippen molar-refractivity contribution in [1.29, 1.82) is 0 Å². The number of carbonyl (C=O) groups is 1. The van der Waals surface area contributed by atoms with E-state index in [4.69, 9.17) is 16.0 Å². The summed E-state index contributed by atoms with van der Waals surface area (Å²) in [6.45, 7) is 10.6. The highest BCUT2D eigenvalue weighted by Crippen LogP contribution is 2.27. The minimum atomic E-state index is -3.66. The Morgan fingerprint density at radius 2 is 1.63 bits per heavy atom. The van der Waals surface area contributed by atoms with Gasteiger partial charge in [-0.05, 0) is 52.3 Å². The first kappa shape index (κ1) is 25.4. The molecular weight excluding hydrogens is 408 g/mol. The number of hydrogen-bond acceptors (Lipinski definition) is 8. The molecule has 0 spiro atoms. The molecule has 1 aromatic carbocycles. The van der Waals surface area contributed by atoms with Crippen molar-refractivity contribution in [3.8, 4) is 0 Å². The molecule has 0 fully saturated rings. The summed E-state index contributed by atoms with van der Waals surface area (Å²) < 4.78 is 26.9. The molecule has 5 N–H and O–H groups in total. The lowest BCUT2D eigenvalue weighted by Gasteiger charge is -2.38. The van der Waals surface area contributed by atoms with Crippen LogP contribution in [0.2, 0.25) is 0 Å². The van der Waals surface area contributed by atoms with Gasteiger partial charge < -0.3 is 16.4 Å². The number of carbonyl (C=O) groups excluding carboxylic acids is 1.